The number of rotatable bonds is 3. The molecule has 0 aliphatic heterocycles. The van der Waals surface area contributed by atoms with Gasteiger partial charge in [0.25, 0.3) is 0 Å². The number of allylic oxidation sites excluding steroid dienone is 1. The minimum absolute atomic E-state index is 0.885. The molecule has 0 aromatic heterocycles. The molecule has 2 aromatic rings. The number of nitrogens with one attached hydrogen (secondary N) is 1. The molecule has 1 nitrogen and oxygen atoms in total. The summed E-state index contributed by atoms with van der Waals surface area (Å²) in [6, 6.07) is 15.1. The summed E-state index contributed by atoms with van der Waals surface area (Å²) < 4.78 is 0. The first-order chi connectivity index (χ1) is 8.83. The molecule has 0 spiro atoms. The molecule has 0 bridgehead atoms. The molecule has 0 unspecified atom stereocenters. The second-order valence-corrected chi connectivity index (χ2v) is 4.82. The van der Waals surface area contributed by atoms with Crippen LogP contribution in [0.5, 0.6) is 0 Å². The van der Waals surface area contributed by atoms with E-state index in [-0.39, 0.29) is 0 Å². The van der Waals surface area contributed by atoms with Crippen molar-refractivity contribution in [3.05, 3.63) is 70.8 Å². The van der Waals surface area contributed by atoms with Crippen LogP contribution in [0.3, 0.4) is 0 Å². The van der Waals surface area contributed by atoms with E-state index < -0.39 is 0 Å². The van der Waals surface area contributed by atoms with Crippen LogP contribution in [0, 0.1) is 6.92 Å². The van der Waals surface area contributed by atoms with Crippen molar-refractivity contribution in [2.24, 2.45) is 0 Å². The normalized spacial score (nSPS) is 12.5. The van der Waals surface area contributed by atoms with Gasteiger partial charge in [0.1, 0.15) is 0 Å². The third kappa shape index (κ3) is 2.17. The Bertz CT molecular complexity index is 579. The Morgan fingerprint density at radius 2 is 1.89 bits per heavy atom. The molecular weight excluding hydrogens is 218 g/mol. The van der Waals surface area contributed by atoms with E-state index in [0.29, 0.717) is 0 Å². The zero-order valence-corrected chi connectivity index (χ0v) is 10.6. The number of hydrogen-bond acceptors (Lipinski definition) is 1. The zero-order valence-electron chi connectivity index (χ0n) is 10.6. The summed E-state index contributed by atoms with van der Waals surface area (Å²) in [7, 11) is 0. The van der Waals surface area contributed by atoms with Crippen molar-refractivity contribution in [2.75, 3.05) is 5.32 Å². The lowest BCUT2D eigenvalue weighted by Gasteiger charge is -2.10. The Balaban J connectivity index is 1.76. The number of hydrogen-bond donors (Lipinski definition) is 1. The maximum absolute atomic E-state index is 3.48. The molecular formula is C17H17N. The van der Waals surface area contributed by atoms with Gasteiger partial charge in [0.05, 0.1) is 0 Å². The van der Waals surface area contributed by atoms with Crippen molar-refractivity contribution in [1.82, 2.24) is 0 Å². The molecule has 0 radical (unpaired) electrons. The molecule has 3 rings (SSSR count). The van der Waals surface area contributed by atoms with E-state index in [1.54, 1.807) is 0 Å². The highest BCUT2D eigenvalue weighted by Crippen LogP contribution is 2.24. The van der Waals surface area contributed by atoms with E-state index in [1.807, 2.05) is 0 Å². The molecule has 0 fully saturated rings. The van der Waals surface area contributed by atoms with Gasteiger partial charge in [-0.15, -0.1) is 0 Å². The van der Waals surface area contributed by atoms with Gasteiger partial charge in [-0.3, -0.25) is 0 Å². The molecule has 0 amide bonds. The highest BCUT2D eigenvalue weighted by molar-refractivity contribution is 5.64. The standard InChI is InChI=1S/C17H17N/c1-13-8-10-16(11-9-13)18-12-15-6-2-4-14-5-3-7-17(14)15/h2-4,6-11,18H,5,12H2,1H3. The first kappa shape index (κ1) is 11.1. The van der Waals surface area contributed by atoms with Crippen LogP contribution >= 0.6 is 0 Å². The molecule has 0 saturated heterocycles. The first-order valence-corrected chi connectivity index (χ1v) is 6.41. The van der Waals surface area contributed by atoms with Gasteiger partial charge in [0, 0.05) is 12.2 Å². The summed E-state index contributed by atoms with van der Waals surface area (Å²) in [5, 5.41) is 3.48. The van der Waals surface area contributed by atoms with E-state index in [1.165, 1.54) is 27.9 Å². The number of benzene rings is 2. The molecule has 0 heterocycles. The van der Waals surface area contributed by atoms with Crippen LogP contribution in [-0.4, -0.2) is 0 Å². The van der Waals surface area contributed by atoms with Crippen LogP contribution in [-0.2, 0) is 13.0 Å². The second kappa shape index (κ2) is 4.69. The molecule has 0 atom stereocenters. The Labute approximate surface area is 108 Å². The third-order valence-corrected chi connectivity index (χ3v) is 3.44. The SMILES string of the molecule is Cc1ccc(NCc2cccc3c2C=CC3)cc1. The third-order valence-electron chi connectivity index (χ3n) is 3.44. The fourth-order valence-corrected chi connectivity index (χ4v) is 2.38. The number of anilines is 1. The van der Waals surface area contributed by atoms with Crippen molar-refractivity contribution >= 4 is 11.8 Å². The lowest BCUT2D eigenvalue weighted by Crippen LogP contribution is -2.01. The van der Waals surface area contributed by atoms with Crippen molar-refractivity contribution in [1.29, 1.82) is 0 Å². The fourth-order valence-electron chi connectivity index (χ4n) is 2.38. The van der Waals surface area contributed by atoms with Crippen LogP contribution < -0.4 is 5.32 Å². The molecule has 0 saturated carbocycles. The van der Waals surface area contributed by atoms with Crippen LogP contribution in [0.25, 0.3) is 6.08 Å². The second-order valence-electron chi connectivity index (χ2n) is 4.82. The average molecular weight is 235 g/mol. The highest BCUT2D eigenvalue weighted by atomic mass is 14.9. The van der Waals surface area contributed by atoms with Crippen molar-refractivity contribution < 1.29 is 0 Å². The Morgan fingerprint density at radius 1 is 1.06 bits per heavy atom. The first-order valence-electron chi connectivity index (χ1n) is 6.41. The number of fused-ring (bicyclic) bond motifs is 1. The molecule has 18 heavy (non-hydrogen) atoms. The molecule has 90 valence electrons. The van der Waals surface area contributed by atoms with Crippen LogP contribution in [0.15, 0.2) is 48.5 Å². The summed E-state index contributed by atoms with van der Waals surface area (Å²) in [4.78, 5) is 0. The summed E-state index contributed by atoms with van der Waals surface area (Å²) in [6.07, 6.45) is 5.55. The maximum Gasteiger partial charge on any atom is 0.0406 e. The summed E-state index contributed by atoms with van der Waals surface area (Å²) >= 11 is 0. The predicted octanol–water partition coefficient (Wildman–Crippen LogP) is 4.18. The molecule has 1 heteroatoms. The Morgan fingerprint density at radius 3 is 2.72 bits per heavy atom. The van der Waals surface area contributed by atoms with E-state index in [4.69, 9.17) is 0 Å². The van der Waals surface area contributed by atoms with Crippen molar-refractivity contribution in [3.63, 3.8) is 0 Å². The summed E-state index contributed by atoms with van der Waals surface area (Å²) in [5.74, 6) is 0. The highest BCUT2D eigenvalue weighted by Gasteiger charge is 2.08. The molecule has 1 N–H and O–H groups in total. The van der Waals surface area contributed by atoms with E-state index >= 15 is 0 Å². The van der Waals surface area contributed by atoms with Gasteiger partial charge in [-0.25, -0.2) is 0 Å². The molecule has 1 aliphatic rings. The van der Waals surface area contributed by atoms with Gasteiger partial charge in [0.2, 0.25) is 0 Å². The minimum atomic E-state index is 0.885. The lowest BCUT2D eigenvalue weighted by molar-refractivity contribution is 1.13. The van der Waals surface area contributed by atoms with E-state index in [9.17, 15) is 0 Å². The van der Waals surface area contributed by atoms with Gasteiger partial charge >= 0.3 is 0 Å². The molecule has 2 aromatic carbocycles. The topological polar surface area (TPSA) is 12.0 Å². The smallest absolute Gasteiger partial charge is 0.0406 e. The predicted molar refractivity (Wildman–Crippen MR) is 77.7 cm³/mol. The van der Waals surface area contributed by atoms with Crippen LogP contribution in [0.2, 0.25) is 0 Å². The van der Waals surface area contributed by atoms with Gasteiger partial charge in [-0.05, 0) is 42.2 Å². The van der Waals surface area contributed by atoms with Gasteiger partial charge in [0.15, 0.2) is 0 Å². The quantitative estimate of drug-likeness (QED) is 0.841. The maximum atomic E-state index is 3.48. The monoisotopic (exact) mass is 235 g/mol. The summed E-state index contributed by atoms with van der Waals surface area (Å²) in [5.41, 5.74) is 6.70. The van der Waals surface area contributed by atoms with E-state index in [0.717, 1.165) is 13.0 Å². The van der Waals surface area contributed by atoms with Crippen LogP contribution in [0.4, 0.5) is 5.69 Å². The average Bonchev–Trinajstić information content (AvgIpc) is 2.87. The minimum Gasteiger partial charge on any atom is -0.381 e. The van der Waals surface area contributed by atoms with Crippen LogP contribution in [0.1, 0.15) is 22.3 Å². The van der Waals surface area contributed by atoms with Crippen molar-refractivity contribution in [3.8, 4) is 0 Å². The summed E-state index contributed by atoms with van der Waals surface area (Å²) in [6.45, 7) is 3.00. The fraction of sp³-hybridized carbons (Fsp3) is 0.176. The molecule has 1 aliphatic carbocycles. The van der Waals surface area contributed by atoms with Gasteiger partial charge < -0.3 is 5.32 Å². The Hall–Kier alpha value is -2.02. The van der Waals surface area contributed by atoms with Gasteiger partial charge in [-0.2, -0.15) is 0 Å². The van der Waals surface area contributed by atoms with Gasteiger partial charge in [-0.1, -0.05) is 48.0 Å². The zero-order chi connectivity index (χ0) is 12.4. The number of aryl methyl sites for hydroxylation is 1. The lowest BCUT2D eigenvalue weighted by atomic mass is 10.0. The van der Waals surface area contributed by atoms with E-state index in [2.05, 4.69) is 66.9 Å². The van der Waals surface area contributed by atoms with Crippen molar-refractivity contribution in [2.45, 2.75) is 19.9 Å². The Kier molecular flexibility index (Phi) is 2.89. The largest absolute Gasteiger partial charge is 0.381 e.